The number of hydrogen-bond acceptors (Lipinski definition) is 4. The quantitative estimate of drug-likeness (QED) is 0.196. The number of aliphatic hydroxyl groups is 1. The van der Waals surface area contributed by atoms with Crippen LogP contribution in [0, 0.1) is 18.3 Å². The third-order valence-corrected chi connectivity index (χ3v) is 9.93. The number of ether oxygens (including phenoxy) is 1. The predicted octanol–water partition coefficient (Wildman–Crippen LogP) is 4.69. The van der Waals surface area contributed by atoms with Crippen LogP contribution >= 0.6 is 0 Å². The molecule has 0 aliphatic heterocycles. The molecule has 0 spiro atoms. The average Bonchev–Trinajstić information content (AvgIpc) is 2.55. The third-order valence-electron chi connectivity index (χ3n) is 5.43. The van der Waals surface area contributed by atoms with Gasteiger partial charge in [-0.3, -0.25) is 0 Å². The Labute approximate surface area is 161 Å². The Morgan fingerprint density at radius 2 is 1.92 bits per heavy atom. The van der Waals surface area contributed by atoms with E-state index in [1.165, 1.54) is 7.11 Å². The molecule has 150 valence electrons. The standard InChI is InChI=1S/C21H38O4Si/c1-10-11-12-13-19(25-26(8,9)21(4,5)6)17(3)18(22)15-14-16(2)20(23)24-7/h1,14,17-19,22H,11-13,15H2,2-9H3/b16-14+/t17-,18+,19-/m1/s1. The van der Waals surface area contributed by atoms with Crippen molar-refractivity contribution in [2.24, 2.45) is 5.92 Å². The number of unbranched alkanes of at least 4 members (excludes halogenated alkanes) is 1. The molecular weight excluding hydrogens is 344 g/mol. The molecule has 1 N–H and O–H groups in total. The summed E-state index contributed by atoms with van der Waals surface area (Å²) >= 11 is 0. The molecule has 0 aromatic rings. The number of rotatable bonds is 10. The predicted molar refractivity (Wildman–Crippen MR) is 110 cm³/mol. The zero-order chi connectivity index (χ0) is 20.5. The fourth-order valence-corrected chi connectivity index (χ4v) is 3.84. The van der Waals surface area contributed by atoms with E-state index in [9.17, 15) is 9.90 Å². The summed E-state index contributed by atoms with van der Waals surface area (Å²) in [5.74, 6) is 2.26. The monoisotopic (exact) mass is 382 g/mol. The van der Waals surface area contributed by atoms with Crippen LogP contribution < -0.4 is 0 Å². The van der Waals surface area contributed by atoms with Gasteiger partial charge >= 0.3 is 5.97 Å². The highest BCUT2D eigenvalue weighted by atomic mass is 28.4. The van der Waals surface area contributed by atoms with Crippen LogP contribution in [0.5, 0.6) is 0 Å². The van der Waals surface area contributed by atoms with E-state index < -0.39 is 14.4 Å². The first-order valence-corrected chi connectivity index (χ1v) is 12.3. The van der Waals surface area contributed by atoms with E-state index in [-0.39, 0.29) is 23.0 Å². The second kappa shape index (κ2) is 10.9. The number of carbonyl (C=O) groups excluding carboxylic acids is 1. The topological polar surface area (TPSA) is 55.8 Å². The van der Waals surface area contributed by atoms with Crippen molar-refractivity contribution in [1.82, 2.24) is 0 Å². The Hall–Kier alpha value is -1.09. The first-order valence-electron chi connectivity index (χ1n) is 9.41. The van der Waals surface area contributed by atoms with Crippen LogP contribution in [0.15, 0.2) is 11.6 Å². The van der Waals surface area contributed by atoms with Crippen molar-refractivity contribution < 1.29 is 19.1 Å². The zero-order valence-corrected chi connectivity index (χ0v) is 18.9. The van der Waals surface area contributed by atoms with E-state index >= 15 is 0 Å². The number of carbonyl (C=O) groups is 1. The molecule has 0 bridgehead atoms. The fraction of sp³-hybridized carbons (Fsp3) is 0.762. The molecule has 3 atom stereocenters. The van der Waals surface area contributed by atoms with Gasteiger partial charge in [0.05, 0.1) is 19.3 Å². The summed E-state index contributed by atoms with van der Waals surface area (Å²) in [5.41, 5.74) is 0.507. The Morgan fingerprint density at radius 1 is 1.35 bits per heavy atom. The first-order chi connectivity index (χ1) is 11.9. The van der Waals surface area contributed by atoms with Crippen LogP contribution in [-0.4, -0.2) is 38.7 Å². The van der Waals surface area contributed by atoms with Gasteiger partial charge in [-0.1, -0.05) is 33.8 Å². The fourth-order valence-electron chi connectivity index (χ4n) is 2.39. The lowest BCUT2D eigenvalue weighted by atomic mass is 9.92. The summed E-state index contributed by atoms with van der Waals surface area (Å²) in [6.07, 6.45) is 9.30. The maximum absolute atomic E-state index is 11.5. The van der Waals surface area contributed by atoms with E-state index in [1.807, 2.05) is 6.92 Å². The van der Waals surface area contributed by atoms with Crippen molar-refractivity contribution >= 4 is 14.3 Å². The van der Waals surface area contributed by atoms with Gasteiger partial charge in [0.25, 0.3) is 0 Å². The summed E-state index contributed by atoms with van der Waals surface area (Å²) in [4.78, 5) is 11.5. The number of terminal acetylenes is 1. The van der Waals surface area contributed by atoms with E-state index in [0.717, 1.165) is 12.8 Å². The normalized spacial score (nSPS) is 16.5. The van der Waals surface area contributed by atoms with Gasteiger partial charge in [0.2, 0.25) is 0 Å². The molecule has 26 heavy (non-hydrogen) atoms. The SMILES string of the molecule is C#CCCC[C@@H](O[Si](C)(C)C(C)(C)C)[C@H](C)[C@@H](O)C/C=C(\C)C(=O)OC. The summed E-state index contributed by atoms with van der Waals surface area (Å²) in [6.45, 7) is 14.8. The molecule has 0 fully saturated rings. The maximum atomic E-state index is 11.5. The van der Waals surface area contributed by atoms with Gasteiger partial charge in [0, 0.05) is 17.9 Å². The van der Waals surface area contributed by atoms with E-state index in [1.54, 1.807) is 13.0 Å². The molecule has 0 aromatic carbocycles. The van der Waals surface area contributed by atoms with Crippen LogP contribution in [0.2, 0.25) is 18.1 Å². The van der Waals surface area contributed by atoms with Crippen molar-refractivity contribution in [3.63, 3.8) is 0 Å². The Bertz CT molecular complexity index is 511. The van der Waals surface area contributed by atoms with Crippen LogP contribution in [0.1, 0.15) is 60.3 Å². The number of esters is 1. The minimum atomic E-state index is -1.96. The first kappa shape index (κ1) is 24.9. The van der Waals surface area contributed by atoms with E-state index in [2.05, 4.69) is 39.8 Å². The molecule has 0 aliphatic carbocycles. The Kier molecular flexibility index (Phi) is 10.5. The Morgan fingerprint density at radius 3 is 2.38 bits per heavy atom. The van der Waals surface area contributed by atoms with Gasteiger partial charge in [-0.25, -0.2) is 4.79 Å². The van der Waals surface area contributed by atoms with Crippen LogP contribution in [0.4, 0.5) is 0 Å². The minimum absolute atomic E-state index is 0.0499. The summed E-state index contributed by atoms with van der Waals surface area (Å²) in [5, 5.41) is 10.7. The van der Waals surface area contributed by atoms with Crippen molar-refractivity contribution in [1.29, 1.82) is 0 Å². The van der Waals surface area contributed by atoms with Crippen LogP contribution in [0.3, 0.4) is 0 Å². The summed E-state index contributed by atoms with van der Waals surface area (Å²) < 4.78 is 11.3. The van der Waals surface area contributed by atoms with Crippen molar-refractivity contribution in [3.8, 4) is 12.3 Å². The molecule has 0 aromatic heterocycles. The second-order valence-electron chi connectivity index (χ2n) is 8.55. The molecule has 4 nitrogen and oxygen atoms in total. The maximum Gasteiger partial charge on any atom is 0.333 e. The lowest BCUT2D eigenvalue weighted by Gasteiger charge is -2.41. The number of hydrogen-bond donors (Lipinski definition) is 1. The largest absolute Gasteiger partial charge is 0.466 e. The molecule has 0 aliphatic rings. The third kappa shape index (κ3) is 8.07. The molecule has 0 radical (unpaired) electrons. The molecule has 0 heterocycles. The van der Waals surface area contributed by atoms with Crippen LogP contribution in [0.25, 0.3) is 0 Å². The highest BCUT2D eigenvalue weighted by molar-refractivity contribution is 6.74. The molecule has 0 saturated heterocycles. The molecule has 0 saturated carbocycles. The van der Waals surface area contributed by atoms with Crippen molar-refractivity contribution in [2.45, 2.75) is 90.6 Å². The van der Waals surface area contributed by atoms with E-state index in [0.29, 0.717) is 18.4 Å². The van der Waals surface area contributed by atoms with Gasteiger partial charge in [-0.15, -0.1) is 12.3 Å². The molecule has 0 amide bonds. The smallest absolute Gasteiger partial charge is 0.333 e. The summed E-state index contributed by atoms with van der Waals surface area (Å²) in [6, 6.07) is 0. The minimum Gasteiger partial charge on any atom is -0.466 e. The van der Waals surface area contributed by atoms with Gasteiger partial charge in [0.15, 0.2) is 8.32 Å². The molecule has 5 heteroatoms. The summed E-state index contributed by atoms with van der Waals surface area (Å²) in [7, 11) is -0.603. The molecule has 0 rings (SSSR count). The average molecular weight is 383 g/mol. The van der Waals surface area contributed by atoms with Gasteiger partial charge < -0.3 is 14.3 Å². The van der Waals surface area contributed by atoms with Crippen LogP contribution in [-0.2, 0) is 14.0 Å². The van der Waals surface area contributed by atoms with Gasteiger partial charge in [-0.2, -0.15) is 0 Å². The zero-order valence-electron chi connectivity index (χ0n) is 17.9. The van der Waals surface area contributed by atoms with Gasteiger partial charge in [0.1, 0.15) is 0 Å². The number of methoxy groups -OCH3 is 1. The molecular formula is C21H38O4Si. The lowest BCUT2D eigenvalue weighted by Crippen LogP contribution is -2.47. The van der Waals surface area contributed by atoms with Crippen molar-refractivity contribution in [2.75, 3.05) is 7.11 Å². The molecule has 0 unspecified atom stereocenters. The highest BCUT2D eigenvalue weighted by Crippen LogP contribution is 2.39. The Balaban J connectivity index is 5.17. The highest BCUT2D eigenvalue weighted by Gasteiger charge is 2.40. The van der Waals surface area contributed by atoms with Crippen molar-refractivity contribution in [3.05, 3.63) is 11.6 Å². The number of aliphatic hydroxyl groups excluding tert-OH is 1. The van der Waals surface area contributed by atoms with Gasteiger partial charge in [-0.05, 0) is 44.3 Å². The lowest BCUT2D eigenvalue weighted by molar-refractivity contribution is -0.136. The van der Waals surface area contributed by atoms with E-state index in [4.69, 9.17) is 15.6 Å². The second-order valence-corrected chi connectivity index (χ2v) is 13.3.